The molecule has 0 aromatic heterocycles. The molecule has 0 aromatic rings. The van der Waals surface area contributed by atoms with Crippen LogP contribution in [-0.4, -0.2) is 28.9 Å². The normalized spacial score (nSPS) is 23.8. The molecule has 2 fully saturated rings. The van der Waals surface area contributed by atoms with Crippen LogP contribution in [0.2, 0.25) is 0 Å². The van der Waals surface area contributed by atoms with Crippen molar-refractivity contribution in [1.29, 1.82) is 0 Å². The Morgan fingerprint density at radius 1 is 1.29 bits per heavy atom. The van der Waals surface area contributed by atoms with Gasteiger partial charge < -0.3 is 10.6 Å². The molecule has 2 N–H and O–H groups in total. The Bertz CT molecular complexity index is 278. The SMILES string of the molecule is CC(C)CN(C(=O)C1(N)CCC1)C1CCCC1. The van der Waals surface area contributed by atoms with Gasteiger partial charge in [-0.15, -0.1) is 0 Å². The first kappa shape index (κ1) is 12.9. The van der Waals surface area contributed by atoms with Gasteiger partial charge in [0.25, 0.3) is 0 Å². The Hall–Kier alpha value is -0.570. The first-order chi connectivity index (χ1) is 8.03. The van der Waals surface area contributed by atoms with Gasteiger partial charge >= 0.3 is 0 Å². The van der Waals surface area contributed by atoms with Crippen LogP contribution in [0.1, 0.15) is 58.8 Å². The molecule has 98 valence electrons. The van der Waals surface area contributed by atoms with Crippen molar-refractivity contribution in [3.8, 4) is 0 Å². The number of rotatable bonds is 4. The molecule has 17 heavy (non-hydrogen) atoms. The van der Waals surface area contributed by atoms with Crippen LogP contribution in [-0.2, 0) is 4.79 Å². The van der Waals surface area contributed by atoms with Gasteiger partial charge in [0.15, 0.2) is 0 Å². The van der Waals surface area contributed by atoms with Crippen LogP contribution < -0.4 is 5.73 Å². The van der Waals surface area contributed by atoms with Crippen LogP contribution in [0.4, 0.5) is 0 Å². The Labute approximate surface area is 105 Å². The smallest absolute Gasteiger partial charge is 0.242 e. The molecule has 2 aliphatic carbocycles. The predicted octanol–water partition coefficient (Wildman–Crippen LogP) is 2.29. The van der Waals surface area contributed by atoms with Gasteiger partial charge in [0, 0.05) is 12.6 Å². The minimum absolute atomic E-state index is 0.226. The summed E-state index contributed by atoms with van der Waals surface area (Å²) in [7, 11) is 0. The first-order valence-electron chi connectivity index (χ1n) is 7.13. The summed E-state index contributed by atoms with van der Waals surface area (Å²) >= 11 is 0. The third kappa shape index (κ3) is 2.65. The van der Waals surface area contributed by atoms with Gasteiger partial charge in [0.1, 0.15) is 0 Å². The molecular weight excluding hydrogens is 212 g/mol. The summed E-state index contributed by atoms with van der Waals surface area (Å²) < 4.78 is 0. The topological polar surface area (TPSA) is 46.3 Å². The summed E-state index contributed by atoms with van der Waals surface area (Å²) in [5, 5.41) is 0. The molecule has 0 heterocycles. The number of amides is 1. The van der Waals surface area contributed by atoms with Gasteiger partial charge in [-0.3, -0.25) is 4.79 Å². The van der Waals surface area contributed by atoms with E-state index in [9.17, 15) is 4.79 Å². The zero-order valence-corrected chi connectivity index (χ0v) is 11.2. The van der Waals surface area contributed by atoms with E-state index in [1.54, 1.807) is 0 Å². The molecule has 0 spiro atoms. The lowest BCUT2D eigenvalue weighted by Gasteiger charge is -2.43. The van der Waals surface area contributed by atoms with Gasteiger partial charge in [0.05, 0.1) is 5.54 Å². The van der Waals surface area contributed by atoms with E-state index in [1.165, 1.54) is 25.7 Å². The Balaban J connectivity index is 2.05. The maximum atomic E-state index is 12.6. The largest absolute Gasteiger partial charge is 0.338 e. The number of nitrogens with two attached hydrogens (primary N) is 1. The fourth-order valence-electron chi connectivity index (χ4n) is 3.06. The van der Waals surface area contributed by atoms with E-state index in [2.05, 4.69) is 18.7 Å². The van der Waals surface area contributed by atoms with E-state index in [0.717, 1.165) is 25.8 Å². The molecule has 0 radical (unpaired) electrons. The highest BCUT2D eigenvalue weighted by atomic mass is 16.2. The number of carbonyl (C=O) groups excluding carboxylic acids is 1. The van der Waals surface area contributed by atoms with Crippen LogP contribution in [0.3, 0.4) is 0 Å². The summed E-state index contributed by atoms with van der Waals surface area (Å²) in [4.78, 5) is 14.7. The van der Waals surface area contributed by atoms with Crippen LogP contribution in [0, 0.1) is 5.92 Å². The minimum Gasteiger partial charge on any atom is -0.338 e. The van der Waals surface area contributed by atoms with Gasteiger partial charge in [0.2, 0.25) is 5.91 Å². The summed E-state index contributed by atoms with van der Waals surface area (Å²) in [5.74, 6) is 0.757. The van der Waals surface area contributed by atoms with Crippen molar-refractivity contribution >= 4 is 5.91 Å². The van der Waals surface area contributed by atoms with Crippen molar-refractivity contribution < 1.29 is 4.79 Å². The van der Waals surface area contributed by atoms with E-state index < -0.39 is 5.54 Å². The average molecular weight is 238 g/mol. The molecule has 3 nitrogen and oxygen atoms in total. The van der Waals surface area contributed by atoms with E-state index in [4.69, 9.17) is 5.73 Å². The first-order valence-corrected chi connectivity index (χ1v) is 7.13. The van der Waals surface area contributed by atoms with E-state index in [0.29, 0.717) is 12.0 Å². The van der Waals surface area contributed by atoms with Crippen LogP contribution in [0.15, 0.2) is 0 Å². The summed E-state index contributed by atoms with van der Waals surface area (Å²) in [5.41, 5.74) is 5.68. The average Bonchev–Trinajstić information content (AvgIpc) is 2.74. The second-order valence-electron chi connectivity index (χ2n) is 6.30. The van der Waals surface area contributed by atoms with Gasteiger partial charge in [-0.1, -0.05) is 26.7 Å². The zero-order chi connectivity index (χ0) is 12.5. The van der Waals surface area contributed by atoms with Gasteiger partial charge in [-0.05, 0) is 38.0 Å². The number of hydrogen-bond acceptors (Lipinski definition) is 2. The maximum absolute atomic E-state index is 12.6. The molecule has 0 aromatic carbocycles. The quantitative estimate of drug-likeness (QED) is 0.817. The van der Waals surface area contributed by atoms with Gasteiger partial charge in [-0.2, -0.15) is 0 Å². The summed E-state index contributed by atoms with van der Waals surface area (Å²) in [6.07, 6.45) is 7.76. The zero-order valence-electron chi connectivity index (χ0n) is 11.2. The lowest BCUT2D eigenvalue weighted by molar-refractivity contribution is -0.143. The fourth-order valence-corrected chi connectivity index (χ4v) is 3.06. The standard InChI is InChI=1S/C14H26N2O/c1-11(2)10-16(12-6-3-4-7-12)13(17)14(15)8-5-9-14/h11-12H,3-10,15H2,1-2H3. The number of hydrogen-bond donors (Lipinski definition) is 1. The minimum atomic E-state index is -0.516. The molecule has 0 atom stereocenters. The highest BCUT2D eigenvalue weighted by molar-refractivity contribution is 5.87. The molecule has 2 rings (SSSR count). The van der Waals surface area contributed by atoms with E-state index in [1.807, 2.05) is 0 Å². The molecule has 1 amide bonds. The van der Waals surface area contributed by atoms with E-state index >= 15 is 0 Å². The van der Waals surface area contributed by atoms with Crippen LogP contribution >= 0.6 is 0 Å². The Morgan fingerprint density at radius 3 is 2.29 bits per heavy atom. The molecule has 0 unspecified atom stereocenters. The molecule has 0 bridgehead atoms. The van der Waals surface area contributed by atoms with Crippen molar-refractivity contribution in [2.45, 2.75) is 70.4 Å². The second-order valence-corrected chi connectivity index (χ2v) is 6.30. The molecule has 0 aliphatic heterocycles. The molecule has 3 heteroatoms. The summed E-state index contributed by atoms with van der Waals surface area (Å²) in [6, 6.07) is 0.464. The monoisotopic (exact) mass is 238 g/mol. The summed E-state index contributed by atoms with van der Waals surface area (Å²) in [6.45, 7) is 5.24. The van der Waals surface area contributed by atoms with Crippen LogP contribution in [0.5, 0.6) is 0 Å². The third-order valence-electron chi connectivity index (χ3n) is 4.26. The predicted molar refractivity (Wildman–Crippen MR) is 69.6 cm³/mol. The van der Waals surface area contributed by atoms with Crippen molar-refractivity contribution in [2.75, 3.05) is 6.54 Å². The second kappa shape index (κ2) is 4.97. The molecule has 2 saturated carbocycles. The van der Waals surface area contributed by atoms with Crippen molar-refractivity contribution in [3.63, 3.8) is 0 Å². The third-order valence-corrected chi connectivity index (χ3v) is 4.26. The lowest BCUT2D eigenvalue weighted by atomic mass is 9.76. The van der Waals surface area contributed by atoms with Crippen LogP contribution in [0.25, 0.3) is 0 Å². The molecule has 0 saturated heterocycles. The maximum Gasteiger partial charge on any atom is 0.242 e. The molecule has 2 aliphatic rings. The van der Waals surface area contributed by atoms with Crippen molar-refractivity contribution in [2.24, 2.45) is 11.7 Å². The Kier molecular flexibility index (Phi) is 3.76. The Morgan fingerprint density at radius 2 is 1.88 bits per heavy atom. The number of nitrogens with zero attached hydrogens (tertiary/aromatic N) is 1. The van der Waals surface area contributed by atoms with Gasteiger partial charge in [-0.25, -0.2) is 0 Å². The fraction of sp³-hybridized carbons (Fsp3) is 0.929. The highest BCUT2D eigenvalue weighted by Crippen LogP contribution is 2.34. The van der Waals surface area contributed by atoms with E-state index in [-0.39, 0.29) is 5.91 Å². The molecular formula is C14H26N2O. The highest BCUT2D eigenvalue weighted by Gasteiger charge is 2.44. The lowest BCUT2D eigenvalue weighted by Crippen LogP contribution is -2.61. The number of carbonyl (C=O) groups is 1. The van der Waals surface area contributed by atoms with Crippen molar-refractivity contribution in [1.82, 2.24) is 4.90 Å². The van der Waals surface area contributed by atoms with Crippen molar-refractivity contribution in [3.05, 3.63) is 0 Å².